The molecule has 2 aromatic heterocycles. The number of benzene rings is 1. The Morgan fingerprint density at radius 3 is 2.93 bits per heavy atom. The smallest absolute Gasteiger partial charge is 0.407 e. The van der Waals surface area contributed by atoms with Crippen molar-refractivity contribution in [3.8, 4) is 11.4 Å². The van der Waals surface area contributed by atoms with Gasteiger partial charge in [0.2, 0.25) is 0 Å². The molecule has 10 heteroatoms. The minimum atomic E-state index is -0.991. The highest BCUT2D eigenvalue weighted by Gasteiger charge is 2.31. The van der Waals surface area contributed by atoms with Crippen LogP contribution >= 0.6 is 11.6 Å². The first-order chi connectivity index (χ1) is 14.0. The molecule has 1 aliphatic rings. The molecule has 29 heavy (non-hydrogen) atoms. The van der Waals surface area contributed by atoms with Crippen LogP contribution in [-0.2, 0) is 4.74 Å². The molecule has 9 nitrogen and oxygen atoms in total. The van der Waals surface area contributed by atoms with Gasteiger partial charge in [0.1, 0.15) is 5.75 Å². The molecule has 152 valence electrons. The molecule has 1 saturated heterocycles. The van der Waals surface area contributed by atoms with E-state index >= 15 is 0 Å². The third kappa shape index (κ3) is 3.43. The van der Waals surface area contributed by atoms with Crippen LogP contribution in [0.5, 0.6) is 5.75 Å². The lowest BCUT2D eigenvalue weighted by Crippen LogP contribution is -2.31. The van der Waals surface area contributed by atoms with Gasteiger partial charge < -0.3 is 19.5 Å². The average Bonchev–Trinajstić information content (AvgIpc) is 3.30. The Balaban J connectivity index is 1.84. The summed E-state index contributed by atoms with van der Waals surface area (Å²) in [5.41, 5.74) is 1.39. The second-order valence-electron chi connectivity index (χ2n) is 6.67. The number of methoxy groups -OCH3 is 1. The summed E-state index contributed by atoms with van der Waals surface area (Å²) in [6.07, 6.45) is 1.17. The second-order valence-corrected chi connectivity index (χ2v) is 7.08. The second kappa shape index (κ2) is 7.76. The van der Waals surface area contributed by atoms with E-state index < -0.39 is 6.09 Å². The molecule has 3 aromatic rings. The number of hydrogen-bond acceptors (Lipinski definition) is 5. The molecule has 1 aromatic carbocycles. The maximum atomic E-state index is 13.4. The van der Waals surface area contributed by atoms with Crippen molar-refractivity contribution in [3.63, 3.8) is 0 Å². The number of fused-ring (bicyclic) bond motifs is 1. The van der Waals surface area contributed by atoms with Gasteiger partial charge in [-0.05, 0) is 30.7 Å². The van der Waals surface area contributed by atoms with E-state index in [1.54, 1.807) is 41.1 Å². The fourth-order valence-electron chi connectivity index (χ4n) is 3.62. The molecule has 1 N–H and O–H groups in total. The zero-order valence-electron chi connectivity index (χ0n) is 15.6. The Hall–Kier alpha value is -3.04. The highest BCUT2D eigenvalue weighted by molar-refractivity contribution is 6.32. The number of aromatic nitrogens is 3. The molecule has 1 atom stereocenters. The molecule has 0 spiro atoms. The summed E-state index contributed by atoms with van der Waals surface area (Å²) in [4.78, 5) is 30.4. The first kappa shape index (κ1) is 19.3. The molecule has 3 heterocycles. The van der Waals surface area contributed by atoms with Crippen molar-refractivity contribution < 1.29 is 19.4 Å². The standard InChI is InChI=1S/C19H19ClN4O5/c1-28-11-29-16-9-12(4-5-14(16)20)23-15-3-2-7-21-17(15)24(18(23)25)13-6-8-22(10-13)19(26)27/h2-5,7,9,13H,6,8,10-11H2,1H3,(H,26,27)/t13-/m0/s1. The number of likely N-dealkylation sites (tertiary alicyclic amines) is 1. The Morgan fingerprint density at radius 1 is 1.38 bits per heavy atom. The molecular formula is C19H19ClN4O5. The molecule has 1 fully saturated rings. The van der Waals surface area contributed by atoms with Crippen molar-refractivity contribution in [2.45, 2.75) is 12.5 Å². The Labute approximate surface area is 170 Å². The lowest BCUT2D eigenvalue weighted by atomic mass is 10.2. The topological polar surface area (TPSA) is 98.8 Å². The summed E-state index contributed by atoms with van der Waals surface area (Å²) >= 11 is 6.19. The minimum Gasteiger partial charge on any atom is -0.466 e. The number of carboxylic acid groups (broad SMARTS) is 1. The lowest BCUT2D eigenvalue weighted by molar-refractivity contribution is 0.0512. The van der Waals surface area contributed by atoms with Gasteiger partial charge in [-0.15, -0.1) is 0 Å². The summed E-state index contributed by atoms with van der Waals surface area (Å²) in [5.74, 6) is 0.389. The molecule has 0 unspecified atom stereocenters. The average molecular weight is 419 g/mol. The number of carbonyl (C=O) groups is 1. The van der Waals surface area contributed by atoms with Crippen molar-refractivity contribution in [1.29, 1.82) is 0 Å². The number of ether oxygens (including phenoxy) is 2. The van der Waals surface area contributed by atoms with Gasteiger partial charge in [0.05, 0.1) is 22.3 Å². The van der Waals surface area contributed by atoms with E-state index in [-0.39, 0.29) is 25.1 Å². The largest absolute Gasteiger partial charge is 0.466 e. The number of halogens is 1. The van der Waals surface area contributed by atoms with Crippen LogP contribution in [0.25, 0.3) is 16.9 Å². The highest BCUT2D eigenvalue weighted by Crippen LogP contribution is 2.29. The first-order valence-corrected chi connectivity index (χ1v) is 9.36. The minimum absolute atomic E-state index is 0.0223. The van der Waals surface area contributed by atoms with Crippen molar-refractivity contribution in [2.75, 3.05) is 27.0 Å². The maximum Gasteiger partial charge on any atom is 0.407 e. The van der Waals surface area contributed by atoms with Crippen molar-refractivity contribution in [3.05, 3.63) is 52.0 Å². The van der Waals surface area contributed by atoms with Gasteiger partial charge in [0, 0.05) is 32.5 Å². The number of rotatable bonds is 5. The van der Waals surface area contributed by atoms with Gasteiger partial charge in [-0.1, -0.05) is 11.6 Å². The van der Waals surface area contributed by atoms with Gasteiger partial charge in [0.25, 0.3) is 0 Å². The summed E-state index contributed by atoms with van der Waals surface area (Å²) < 4.78 is 13.5. The van der Waals surface area contributed by atoms with Gasteiger partial charge in [-0.3, -0.25) is 9.13 Å². The van der Waals surface area contributed by atoms with Gasteiger partial charge >= 0.3 is 11.8 Å². The Kier molecular flexibility index (Phi) is 5.16. The van der Waals surface area contributed by atoms with E-state index in [9.17, 15) is 14.7 Å². The Morgan fingerprint density at radius 2 is 2.21 bits per heavy atom. The predicted molar refractivity (Wildman–Crippen MR) is 106 cm³/mol. The van der Waals surface area contributed by atoms with E-state index in [4.69, 9.17) is 21.1 Å². The van der Waals surface area contributed by atoms with E-state index in [0.717, 1.165) is 0 Å². The monoisotopic (exact) mass is 418 g/mol. The van der Waals surface area contributed by atoms with Crippen LogP contribution in [0.15, 0.2) is 41.3 Å². The maximum absolute atomic E-state index is 13.4. The van der Waals surface area contributed by atoms with E-state index in [1.807, 2.05) is 0 Å². The summed E-state index contributed by atoms with van der Waals surface area (Å²) in [6.45, 7) is 0.643. The number of hydrogen-bond donors (Lipinski definition) is 1. The van der Waals surface area contributed by atoms with Crippen LogP contribution in [0, 0.1) is 0 Å². The molecule has 1 amide bonds. The zero-order chi connectivity index (χ0) is 20.5. The molecular weight excluding hydrogens is 400 g/mol. The van der Waals surface area contributed by atoms with Crippen LogP contribution < -0.4 is 10.4 Å². The van der Waals surface area contributed by atoms with Crippen molar-refractivity contribution in [2.24, 2.45) is 0 Å². The summed E-state index contributed by atoms with van der Waals surface area (Å²) in [7, 11) is 1.50. The third-order valence-corrected chi connectivity index (χ3v) is 5.25. The van der Waals surface area contributed by atoms with Crippen molar-refractivity contribution in [1.82, 2.24) is 19.0 Å². The van der Waals surface area contributed by atoms with E-state index in [0.29, 0.717) is 40.6 Å². The highest BCUT2D eigenvalue weighted by atomic mass is 35.5. The summed E-state index contributed by atoms with van der Waals surface area (Å²) in [6, 6.07) is 8.30. The van der Waals surface area contributed by atoms with Crippen molar-refractivity contribution >= 4 is 28.9 Å². The zero-order valence-corrected chi connectivity index (χ0v) is 16.4. The van der Waals surface area contributed by atoms with Crippen LogP contribution in [0.4, 0.5) is 4.79 Å². The lowest BCUT2D eigenvalue weighted by Gasteiger charge is -2.13. The number of amides is 1. The Bertz CT molecular complexity index is 1130. The van der Waals surface area contributed by atoms with Gasteiger partial charge in [0.15, 0.2) is 12.4 Å². The van der Waals surface area contributed by atoms with Gasteiger partial charge in [-0.25, -0.2) is 14.6 Å². The fourth-order valence-corrected chi connectivity index (χ4v) is 3.79. The SMILES string of the molecule is COCOc1cc(-n2c(=O)n([C@H]3CCN(C(=O)O)C3)c3ncccc32)ccc1Cl. The van der Waals surface area contributed by atoms with E-state index in [1.165, 1.54) is 16.6 Å². The third-order valence-electron chi connectivity index (χ3n) is 4.94. The summed E-state index contributed by atoms with van der Waals surface area (Å²) in [5, 5.41) is 9.65. The molecule has 4 rings (SSSR count). The van der Waals surface area contributed by atoms with Crippen LogP contribution in [-0.4, -0.2) is 57.2 Å². The molecule has 0 radical (unpaired) electrons. The first-order valence-electron chi connectivity index (χ1n) is 8.98. The van der Waals surface area contributed by atoms with Gasteiger partial charge in [-0.2, -0.15) is 0 Å². The van der Waals surface area contributed by atoms with Crippen LogP contribution in [0.1, 0.15) is 12.5 Å². The molecule has 0 bridgehead atoms. The molecule has 0 aliphatic carbocycles. The predicted octanol–water partition coefficient (Wildman–Crippen LogP) is 2.75. The molecule has 1 aliphatic heterocycles. The number of imidazole rings is 1. The number of pyridine rings is 1. The normalized spacial score (nSPS) is 16.5. The van der Waals surface area contributed by atoms with Crippen LogP contribution in [0.3, 0.4) is 0 Å². The quantitative estimate of drug-likeness (QED) is 0.640. The van der Waals surface area contributed by atoms with E-state index in [2.05, 4.69) is 4.98 Å². The molecule has 0 saturated carbocycles. The fraction of sp³-hybridized carbons (Fsp3) is 0.316. The van der Waals surface area contributed by atoms with Crippen LogP contribution in [0.2, 0.25) is 5.02 Å². The number of nitrogens with zero attached hydrogens (tertiary/aromatic N) is 4.